The Hall–Kier alpha value is -3.09. The average Bonchev–Trinajstić information content (AvgIpc) is 3.63. The molecule has 2 fully saturated rings. The van der Waals surface area contributed by atoms with Crippen LogP contribution in [0.1, 0.15) is 70.4 Å². The monoisotopic (exact) mass is 456 g/mol. The van der Waals surface area contributed by atoms with Crippen LogP contribution in [0.15, 0.2) is 67.1 Å². The highest BCUT2D eigenvalue weighted by Crippen LogP contribution is 2.39. The molecule has 1 aromatic carbocycles. The van der Waals surface area contributed by atoms with Crippen molar-refractivity contribution in [3.05, 3.63) is 95.1 Å². The van der Waals surface area contributed by atoms with Gasteiger partial charge in [0.1, 0.15) is 0 Å². The molecule has 34 heavy (non-hydrogen) atoms. The number of hydrogen-bond acceptors (Lipinski definition) is 5. The Morgan fingerprint density at radius 3 is 2.56 bits per heavy atom. The zero-order chi connectivity index (χ0) is 23.5. The van der Waals surface area contributed by atoms with E-state index in [-0.39, 0.29) is 11.9 Å². The Kier molecular flexibility index (Phi) is 6.70. The van der Waals surface area contributed by atoms with E-state index in [2.05, 4.69) is 21.4 Å². The molecule has 2 aromatic heterocycles. The van der Waals surface area contributed by atoms with Crippen molar-refractivity contribution < 1.29 is 9.90 Å². The molecule has 6 heteroatoms. The number of nitrogens with zero attached hydrogens (tertiary/aromatic N) is 3. The number of benzene rings is 1. The lowest BCUT2D eigenvalue weighted by Gasteiger charge is -2.21. The van der Waals surface area contributed by atoms with Gasteiger partial charge in [-0.3, -0.25) is 14.8 Å². The van der Waals surface area contributed by atoms with Gasteiger partial charge in [-0.05, 0) is 67.5 Å². The fraction of sp³-hybridized carbons (Fsp3) is 0.393. The van der Waals surface area contributed by atoms with Crippen LogP contribution in [0, 0.1) is 0 Å². The predicted molar refractivity (Wildman–Crippen MR) is 131 cm³/mol. The summed E-state index contributed by atoms with van der Waals surface area (Å²) in [5.74, 6) is 0.627. The van der Waals surface area contributed by atoms with Gasteiger partial charge in [0.15, 0.2) is 0 Å². The average molecular weight is 457 g/mol. The molecule has 0 bridgehead atoms. The maximum Gasteiger partial charge on any atom is 0.253 e. The van der Waals surface area contributed by atoms with Gasteiger partial charge in [0, 0.05) is 67.0 Å². The molecular formula is C28H32N4O2. The lowest BCUT2D eigenvalue weighted by molar-refractivity contribution is 0.0785. The van der Waals surface area contributed by atoms with E-state index < -0.39 is 6.10 Å². The van der Waals surface area contributed by atoms with Crippen LogP contribution >= 0.6 is 0 Å². The zero-order valence-electron chi connectivity index (χ0n) is 19.6. The van der Waals surface area contributed by atoms with Gasteiger partial charge in [0.2, 0.25) is 0 Å². The largest absolute Gasteiger partial charge is 0.387 e. The SMILES string of the molecule is CN(Cc1cccnc1)C(=O)c1ccc(C[C@@H]2CC[C@H](C(O)c3ccc(C4CC4)nc3)N2)cc1. The third-order valence-corrected chi connectivity index (χ3v) is 6.98. The number of nitrogens with one attached hydrogen (secondary N) is 1. The molecule has 3 heterocycles. The summed E-state index contributed by atoms with van der Waals surface area (Å²) in [5, 5.41) is 14.5. The van der Waals surface area contributed by atoms with Crippen molar-refractivity contribution in [2.75, 3.05) is 7.05 Å². The van der Waals surface area contributed by atoms with E-state index in [1.54, 1.807) is 17.3 Å². The van der Waals surface area contributed by atoms with Gasteiger partial charge in [0.25, 0.3) is 5.91 Å². The number of hydrogen-bond donors (Lipinski definition) is 2. The minimum absolute atomic E-state index is 0.00102. The Balaban J connectivity index is 1.13. The number of rotatable bonds is 8. The molecule has 6 nitrogen and oxygen atoms in total. The highest BCUT2D eigenvalue weighted by molar-refractivity contribution is 5.94. The molecular weight excluding hydrogens is 424 g/mol. The molecule has 2 aliphatic rings. The maximum absolute atomic E-state index is 12.8. The van der Waals surface area contributed by atoms with Crippen LogP contribution in [0.5, 0.6) is 0 Å². The van der Waals surface area contributed by atoms with Gasteiger partial charge in [-0.15, -0.1) is 0 Å². The molecule has 1 amide bonds. The maximum atomic E-state index is 12.8. The number of carbonyl (C=O) groups excluding carboxylic acids is 1. The van der Waals surface area contributed by atoms with E-state index >= 15 is 0 Å². The van der Waals surface area contributed by atoms with Crippen molar-refractivity contribution in [2.24, 2.45) is 0 Å². The second-order valence-electron chi connectivity index (χ2n) is 9.71. The first-order valence-corrected chi connectivity index (χ1v) is 12.2. The molecule has 176 valence electrons. The van der Waals surface area contributed by atoms with Crippen molar-refractivity contribution in [3.63, 3.8) is 0 Å². The van der Waals surface area contributed by atoms with Gasteiger partial charge < -0.3 is 15.3 Å². The van der Waals surface area contributed by atoms with E-state index in [4.69, 9.17) is 0 Å². The van der Waals surface area contributed by atoms with Gasteiger partial charge in [0.05, 0.1) is 6.10 Å². The zero-order valence-corrected chi connectivity index (χ0v) is 19.6. The van der Waals surface area contributed by atoms with Gasteiger partial charge >= 0.3 is 0 Å². The molecule has 5 rings (SSSR count). The van der Waals surface area contributed by atoms with Crippen molar-refractivity contribution in [3.8, 4) is 0 Å². The summed E-state index contributed by atoms with van der Waals surface area (Å²) in [7, 11) is 1.81. The van der Waals surface area contributed by atoms with Crippen LogP contribution in [-0.2, 0) is 13.0 Å². The van der Waals surface area contributed by atoms with Gasteiger partial charge in [-0.1, -0.05) is 24.3 Å². The Morgan fingerprint density at radius 2 is 1.88 bits per heavy atom. The first-order chi connectivity index (χ1) is 16.6. The lowest BCUT2D eigenvalue weighted by atomic mass is 10.0. The quantitative estimate of drug-likeness (QED) is 0.535. The van der Waals surface area contributed by atoms with E-state index in [0.29, 0.717) is 24.1 Å². The fourth-order valence-corrected chi connectivity index (χ4v) is 4.83. The summed E-state index contributed by atoms with van der Waals surface area (Å²) in [6, 6.07) is 16.2. The summed E-state index contributed by atoms with van der Waals surface area (Å²) in [4.78, 5) is 23.2. The molecule has 2 N–H and O–H groups in total. The van der Waals surface area contributed by atoms with E-state index in [1.165, 1.54) is 18.4 Å². The van der Waals surface area contributed by atoms with E-state index in [9.17, 15) is 9.90 Å². The predicted octanol–water partition coefficient (Wildman–Crippen LogP) is 4.02. The topological polar surface area (TPSA) is 78.4 Å². The first-order valence-electron chi connectivity index (χ1n) is 12.2. The minimum Gasteiger partial charge on any atom is -0.387 e. The van der Waals surface area contributed by atoms with Crippen LogP contribution < -0.4 is 5.32 Å². The highest BCUT2D eigenvalue weighted by atomic mass is 16.3. The number of carbonyl (C=O) groups is 1. The van der Waals surface area contributed by atoms with Crippen LogP contribution in [0.25, 0.3) is 0 Å². The summed E-state index contributed by atoms with van der Waals surface area (Å²) in [6.45, 7) is 0.531. The van der Waals surface area contributed by atoms with Crippen molar-refractivity contribution in [1.82, 2.24) is 20.2 Å². The Morgan fingerprint density at radius 1 is 1.06 bits per heavy atom. The normalized spacial score (nSPS) is 20.8. The first kappa shape index (κ1) is 22.7. The standard InChI is InChI=1S/C28H32N4O2/c1-32(18-20-3-2-14-29-16-20)28(34)22-6-4-19(5-7-22)15-24-11-13-26(31-24)27(33)23-10-12-25(30-17-23)21-8-9-21/h2-7,10,12,14,16-17,21,24,26-27,31,33H,8-9,11,13,15,18H2,1H3/t24-,26+,27?/m0/s1. The van der Waals surface area contributed by atoms with E-state index in [1.807, 2.05) is 55.7 Å². The van der Waals surface area contributed by atoms with Crippen LogP contribution in [0.4, 0.5) is 0 Å². The second-order valence-corrected chi connectivity index (χ2v) is 9.71. The summed E-state index contributed by atoms with van der Waals surface area (Å²) >= 11 is 0. The molecule has 1 saturated heterocycles. The van der Waals surface area contributed by atoms with Crippen molar-refractivity contribution in [1.29, 1.82) is 0 Å². The fourth-order valence-electron chi connectivity index (χ4n) is 4.83. The second kappa shape index (κ2) is 10.0. The van der Waals surface area contributed by atoms with Crippen LogP contribution in [0.2, 0.25) is 0 Å². The van der Waals surface area contributed by atoms with E-state index in [0.717, 1.165) is 36.1 Å². The minimum atomic E-state index is -0.541. The summed E-state index contributed by atoms with van der Waals surface area (Å²) in [5.41, 5.74) is 4.92. The van der Waals surface area contributed by atoms with Crippen LogP contribution in [0.3, 0.4) is 0 Å². The molecule has 1 unspecified atom stereocenters. The smallest absolute Gasteiger partial charge is 0.253 e. The van der Waals surface area contributed by atoms with Gasteiger partial charge in [-0.25, -0.2) is 0 Å². The summed E-state index contributed by atoms with van der Waals surface area (Å²) < 4.78 is 0. The number of aromatic nitrogens is 2. The van der Waals surface area contributed by atoms with Gasteiger partial charge in [-0.2, -0.15) is 0 Å². The molecule has 1 aliphatic heterocycles. The molecule has 1 saturated carbocycles. The van der Waals surface area contributed by atoms with Crippen molar-refractivity contribution >= 4 is 5.91 Å². The molecule has 3 aromatic rings. The number of aliphatic hydroxyl groups excluding tert-OH is 1. The Bertz CT molecular complexity index is 1100. The third-order valence-electron chi connectivity index (χ3n) is 6.98. The molecule has 0 radical (unpaired) electrons. The van der Waals surface area contributed by atoms with Crippen LogP contribution in [-0.4, -0.2) is 45.0 Å². The molecule has 0 spiro atoms. The number of aliphatic hydroxyl groups is 1. The number of amides is 1. The lowest BCUT2D eigenvalue weighted by Crippen LogP contribution is -2.35. The summed E-state index contributed by atoms with van der Waals surface area (Å²) in [6.07, 6.45) is 10.1. The highest BCUT2D eigenvalue weighted by Gasteiger charge is 2.31. The third kappa shape index (κ3) is 5.34. The molecule has 3 atom stereocenters. The number of pyridine rings is 2. The molecule has 1 aliphatic carbocycles. The van der Waals surface area contributed by atoms with Crippen molar-refractivity contribution in [2.45, 2.75) is 62.8 Å². The Labute approximate surface area is 201 Å².